The molecule has 1 aromatic rings. The second-order valence-corrected chi connectivity index (χ2v) is 6.25. The normalized spacial score (nSPS) is 16.1. The van der Waals surface area contributed by atoms with E-state index in [0.717, 1.165) is 34.5 Å². The monoisotopic (exact) mass is 333 g/mol. The second-order valence-electron chi connectivity index (χ2n) is 6.25. The number of allylic oxidation sites excluding steroid dienone is 5. The predicted octanol–water partition coefficient (Wildman–Crippen LogP) is 3.65. The highest BCUT2D eigenvalue weighted by Gasteiger charge is 2.29. The Hall–Kier alpha value is -3.18. The van der Waals surface area contributed by atoms with E-state index >= 15 is 0 Å². The number of nitrogens with one attached hydrogen (secondary N) is 1. The summed E-state index contributed by atoms with van der Waals surface area (Å²) in [7, 11) is 0. The van der Waals surface area contributed by atoms with Crippen LogP contribution < -0.4 is 16.8 Å². The molecule has 2 rings (SSSR count). The molecule has 0 atom stereocenters. The number of hydrogen-bond donors (Lipinski definition) is 3. The van der Waals surface area contributed by atoms with Gasteiger partial charge in [0.25, 0.3) is 0 Å². The van der Waals surface area contributed by atoms with Gasteiger partial charge in [-0.15, -0.1) is 0 Å². The van der Waals surface area contributed by atoms with Crippen LogP contribution in [0.1, 0.15) is 51.2 Å². The Morgan fingerprint density at radius 1 is 1.16 bits per heavy atom. The molecular formula is C20H23N5. The van der Waals surface area contributed by atoms with Crippen LogP contribution >= 0.6 is 0 Å². The van der Waals surface area contributed by atoms with Crippen molar-refractivity contribution in [3.63, 3.8) is 0 Å². The molecule has 25 heavy (non-hydrogen) atoms. The Labute approximate surface area is 148 Å². The van der Waals surface area contributed by atoms with Crippen LogP contribution in [0.5, 0.6) is 0 Å². The molecule has 0 amide bonds. The molecule has 5 nitrogen and oxygen atoms in total. The molecule has 1 aromatic carbocycles. The van der Waals surface area contributed by atoms with Crippen LogP contribution in [0, 0.1) is 22.7 Å². The van der Waals surface area contributed by atoms with Gasteiger partial charge < -0.3 is 16.8 Å². The lowest BCUT2D eigenvalue weighted by atomic mass is 9.81. The molecule has 0 aliphatic carbocycles. The van der Waals surface area contributed by atoms with Crippen molar-refractivity contribution in [1.29, 1.82) is 10.5 Å². The summed E-state index contributed by atoms with van der Waals surface area (Å²) in [5.74, 6) is -0.412. The van der Waals surface area contributed by atoms with Gasteiger partial charge in [-0.3, -0.25) is 0 Å². The third-order valence-corrected chi connectivity index (χ3v) is 4.69. The molecule has 1 heterocycles. The van der Waals surface area contributed by atoms with Crippen molar-refractivity contribution in [2.75, 3.05) is 5.73 Å². The van der Waals surface area contributed by atoms with Crippen LogP contribution in [0.3, 0.4) is 0 Å². The van der Waals surface area contributed by atoms with E-state index in [1.807, 2.05) is 39.8 Å². The first-order valence-electron chi connectivity index (χ1n) is 8.19. The fourth-order valence-corrected chi connectivity index (χ4v) is 3.03. The highest BCUT2D eigenvalue weighted by Crippen LogP contribution is 2.38. The van der Waals surface area contributed by atoms with Gasteiger partial charge in [0.15, 0.2) is 0 Å². The first-order chi connectivity index (χ1) is 11.8. The first-order valence-corrected chi connectivity index (χ1v) is 8.19. The molecule has 5 heteroatoms. The van der Waals surface area contributed by atoms with Gasteiger partial charge in [-0.1, -0.05) is 13.0 Å². The van der Waals surface area contributed by atoms with Crippen LogP contribution in [0.15, 0.2) is 46.3 Å². The van der Waals surface area contributed by atoms with Crippen LogP contribution in [0.25, 0.3) is 5.70 Å². The molecule has 0 saturated carbocycles. The Balaban J connectivity index is 2.70. The summed E-state index contributed by atoms with van der Waals surface area (Å²) in [5, 5.41) is 22.3. The van der Waals surface area contributed by atoms with Gasteiger partial charge in [0.1, 0.15) is 0 Å². The maximum atomic E-state index is 9.61. The molecule has 0 unspecified atom stereocenters. The van der Waals surface area contributed by atoms with Gasteiger partial charge in [-0.05, 0) is 50.5 Å². The van der Waals surface area contributed by atoms with Gasteiger partial charge in [0, 0.05) is 28.3 Å². The zero-order chi connectivity index (χ0) is 18.7. The molecule has 0 radical (unpaired) electrons. The first kappa shape index (κ1) is 18.2. The number of nitrogens with zero attached hydrogens (tertiary/aromatic N) is 2. The summed E-state index contributed by atoms with van der Waals surface area (Å²) < 4.78 is 0. The number of rotatable bonds is 3. The van der Waals surface area contributed by atoms with E-state index in [1.165, 1.54) is 0 Å². The molecular weight excluding hydrogens is 310 g/mol. The molecule has 0 saturated heterocycles. The number of nitrogens with two attached hydrogens (primary N) is 2. The summed E-state index contributed by atoms with van der Waals surface area (Å²) in [4.78, 5) is 0. The highest BCUT2D eigenvalue weighted by molar-refractivity contribution is 5.76. The van der Waals surface area contributed by atoms with Crippen molar-refractivity contribution in [2.24, 2.45) is 5.73 Å². The maximum absolute atomic E-state index is 9.61. The van der Waals surface area contributed by atoms with E-state index in [-0.39, 0.29) is 0 Å². The van der Waals surface area contributed by atoms with Gasteiger partial charge in [-0.2, -0.15) is 10.5 Å². The number of benzene rings is 1. The van der Waals surface area contributed by atoms with E-state index in [4.69, 9.17) is 11.5 Å². The molecule has 0 bridgehead atoms. The zero-order valence-corrected chi connectivity index (χ0v) is 15.1. The number of dihydropyridines is 1. The fraction of sp³-hybridized carbons (Fsp3) is 0.300. The Morgan fingerprint density at radius 3 is 2.20 bits per heavy atom. The van der Waals surface area contributed by atoms with Crippen molar-refractivity contribution in [3.8, 4) is 12.1 Å². The maximum Gasteiger partial charge on any atom is 0.0975 e. The standard InChI is InChI=1S/C20H23N5/c1-5-11(2)20(24)15-8-14(6-7-18(15)23)19-16(9-21)12(3)25-13(4)17(19)10-22/h6-8,19,25H,5,23-24H2,1-4H3/b20-11+. The fourth-order valence-electron chi connectivity index (χ4n) is 3.03. The molecule has 1 aliphatic rings. The van der Waals surface area contributed by atoms with E-state index in [1.54, 1.807) is 6.07 Å². The summed E-state index contributed by atoms with van der Waals surface area (Å²) in [5.41, 5.74) is 18.8. The predicted molar refractivity (Wildman–Crippen MR) is 100 cm³/mol. The molecule has 1 aliphatic heterocycles. The summed E-state index contributed by atoms with van der Waals surface area (Å²) in [6.45, 7) is 7.70. The highest BCUT2D eigenvalue weighted by atomic mass is 14.9. The van der Waals surface area contributed by atoms with E-state index in [9.17, 15) is 10.5 Å². The van der Waals surface area contributed by atoms with E-state index < -0.39 is 5.92 Å². The Morgan fingerprint density at radius 2 is 1.72 bits per heavy atom. The Kier molecular flexibility index (Phi) is 5.20. The van der Waals surface area contributed by atoms with Gasteiger partial charge >= 0.3 is 0 Å². The average molecular weight is 333 g/mol. The lowest BCUT2D eigenvalue weighted by Crippen LogP contribution is -2.23. The number of nitrogen functional groups attached to an aromatic ring is 1. The van der Waals surface area contributed by atoms with E-state index in [2.05, 4.69) is 17.5 Å². The molecule has 0 fully saturated rings. The summed E-state index contributed by atoms with van der Waals surface area (Å²) >= 11 is 0. The molecule has 5 N–H and O–H groups in total. The van der Waals surface area contributed by atoms with Crippen molar-refractivity contribution in [2.45, 2.75) is 40.0 Å². The zero-order valence-electron chi connectivity index (χ0n) is 15.1. The van der Waals surface area contributed by atoms with Gasteiger partial charge in [0.2, 0.25) is 0 Å². The summed E-state index contributed by atoms with van der Waals surface area (Å²) in [6, 6.07) is 10.0. The van der Waals surface area contributed by atoms with Crippen molar-refractivity contribution < 1.29 is 0 Å². The minimum atomic E-state index is -0.412. The largest absolute Gasteiger partial charge is 0.398 e. The van der Waals surface area contributed by atoms with Crippen LogP contribution in [0.4, 0.5) is 5.69 Å². The van der Waals surface area contributed by atoms with Gasteiger partial charge in [-0.25, -0.2) is 0 Å². The van der Waals surface area contributed by atoms with Crippen LogP contribution in [-0.4, -0.2) is 0 Å². The number of hydrogen-bond acceptors (Lipinski definition) is 5. The van der Waals surface area contributed by atoms with Crippen LogP contribution in [-0.2, 0) is 0 Å². The minimum absolute atomic E-state index is 0.412. The second kappa shape index (κ2) is 7.15. The lowest BCUT2D eigenvalue weighted by Gasteiger charge is -2.26. The molecule has 0 aromatic heterocycles. The topological polar surface area (TPSA) is 112 Å². The van der Waals surface area contributed by atoms with Crippen LogP contribution in [0.2, 0.25) is 0 Å². The third-order valence-electron chi connectivity index (χ3n) is 4.69. The van der Waals surface area contributed by atoms with Gasteiger partial charge in [0.05, 0.1) is 29.2 Å². The molecule has 128 valence electrons. The average Bonchev–Trinajstić information content (AvgIpc) is 2.60. The molecule has 0 spiro atoms. The number of nitriles is 2. The minimum Gasteiger partial charge on any atom is -0.398 e. The van der Waals surface area contributed by atoms with E-state index in [0.29, 0.717) is 22.5 Å². The quantitative estimate of drug-likeness (QED) is 0.731. The van der Waals surface area contributed by atoms with Crippen molar-refractivity contribution in [3.05, 3.63) is 57.4 Å². The third kappa shape index (κ3) is 3.22. The summed E-state index contributed by atoms with van der Waals surface area (Å²) in [6.07, 6.45) is 0.827. The van der Waals surface area contributed by atoms with Crippen molar-refractivity contribution >= 4 is 11.4 Å². The van der Waals surface area contributed by atoms with Crippen molar-refractivity contribution in [1.82, 2.24) is 5.32 Å². The number of anilines is 1. The SMILES string of the molecule is CC/C(C)=C(/N)c1cc(C2C(C#N)=C(C)NC(C)=C2C#N)ccc1N. The smallest absolute Gasteiger partial charge is 0.0975 e. The Bertz CT molecular complexity index is 852. The lowest BCUT2D eigenvalue weighted by molar-refractivity contribution is 0.814.